The van der Waals surface area contributed by atoms with Crippen molar-refractivity contribution >= 4 is 29.1 Å². The van der Waals surface area contributed by atoms with Gasteiger partial charge in [-0.05, 0) is 53.4 Å². The first kappa shape index (κ1) is 27.3. The molecule has 3 aromatic rings. The van der Waals surface area contributed by atoms with Crippen LogP contribution in [-0.2, 0) is 30.4 Å². The largest absolute Gasteiger partial charge is 0.493 e. The standard InChI is InChI=1S/C27H23ClF4N2O4/c1-37-21-9-7-16(12-22(21)38-2)26(36)34-11-10-18-17(14-34)6-8-20(28)25(18)33-23(35)13-15-4-3-5-19(24(15)29)27(30,31)32/h3-9,12H,10-11,13-14H2,1-2H3,(H,33,35). The summed E-state index contributed by atoms with van der Waals surface area (Å²) in [6.45, 7) is 0.566. The van der Waals surface area contributed by atoms with Crippen molar-refractivity contribution in [2.45, 2.75) is 25.6 Å². The third-order valence-electron chi connectivity index (χ3n) is 6.27. The highest BCUT2D eigenvalue weighted by atomic mass is 35.5. The Hall–Kier alpha value is -3.79. The van der Waals surface area contributed by atoms with Gasteiger partial charge in [0, 0.05) is 18.7 Å². The van der Waals surface area contributed by atoms with Crippen molar-refractivity contribution in [3.63, 3.8) is 0 Å². The lowest BCUT2D eigenvalue weighted by Gasteiger charge is -2.31. The number of nitrogens with zero attached hydrogens (tertiary/aromatic N) is 1. The summed E-state index contributed by atoms with van der Waals surface area (Å²) in [5.74, 6) is -1.52. The van der Waals surface area contributed by atoms with Gasteiger partial charge >= 0.3 is 6.18 Å². The van der Waals surface area contributed by atoms with Gasteiger partial charge in [-0.15, -0.1) is 0 Å². The first-order valence-corrected chi connectivity index (χ1v) is 11.9. The lowest BCUT2D eigenvalue weighted by molar-refractivity contribution is -0.140. The van der Waals surface area contributed by atoms with Crippen LogP contribution < -0.4 is 14.8 Å². The van der Waals surface area contributed by atoms with E-state index in [0.29, 0.717) is 47.3 Å². The van der Waals surface area contributed by atoms with Crippen LogP contribution in [-0.4, -0.2) is 37.5 Å². The molecule has 0 bridgehead atoms. The van der Waals surface area contributed by atoms with E-state index in [1.165, 1.54) is 14.2 Å². The van der Waals surface area contributed by atoms with Gasteiger partial charge in [0.05, 0.1) is 36.9 Å². The molecule has 0 saturated heterocycles. The first-order valence-electron chi connectivity index (χ1n) is 11.5. The molecule has 0 radical (unpaired) electrons. The van der Waals surface area contributed by atoms with Crippen molar-refractivity contribution < 1.29 is 36.6 Å². The zero-order chi connectivity index (χ0) is 27.6. The highest BCUT2D eigenvalue weighted by molar-refractivity contribution is 6.34. The number of alkyl halides is 3. The number of hydrogen-bond acceptors (Lipinski definition) is 4. The molecule has 6 nitrogen and oxygen atoms in total. The van der Waals surface area contributed by atoms with E-state index >= 15 is 0 Å². The van der Waals surface area contributed by atoms with Crippen LogP contribution in [0.2, 0.25) is 5.02 Å². The maximum atomic E-state index is 14.4. The molecule has 0 aromatic heterocycles. The highest BCUT2D eigenvalue weighted by Gasteiger charge is 2.35. The van der Waals surface area contributed by atoms with Crippen LogP contribution in [0.25, 0.3) is 0 Å². The van der Waals surface area contributed by atoms with Gasteiger partial charge in [-0.3, -0.25) is 9.59 Å². The Labute approximate surface area is 221 Å². The average Bonchev–Trinajstić information content (AvgIpc) is 2.89. The van der Waals surface area contributed by atoms with E-state index in [0.717, 1.165) is 17.7 Å². The predicted octanol–water partition coefficient (Wildman–Crippen LogP) is 5.89. The molecule has 0 atom stereocenters. The SMILES string of the molecule is COc1ccc(C(=O)N2CCc3c(ccc(Cl)c3NC(=O)Cc3cccc(C(F)(F)F)c3F)C2)cc1OC. The summed E-state index contributed by atoms with van der Waals surface area (Å²) in [7, 11) is 2.97. The van der Waals surface area contributed by atoms with Crippen molar-refractivity contribution in [3.05, 3.63) is 87.2 Å². The van der Waals surface area contributed by atoms with Crippen LogP contribution in [0.15, 0.2) is 48.5 Å². The van der Waals surface area contributed by atoms with E-state index in [1.807, 2.05) is 0 Å². The second-order valence-corrected chi connectivity index (χ2v) is 9.02. The maximum Gasteiger partial charge on any atom is 0.419 e. The number of methoxy groups -OCH3 is 2. The molecule has 0 aliphatic carbocycles. The number of amides is 2. The molecule has 4 rings (SSSR count). The number of hydrogen-bond donors (Lipinski definition) is 1. The van der Waals surface area contributed by atoms with Crippen LogP contribution in [0, 0.1) is 5.82 Å². The molecule has 0 fully saturated rings. The molecule has 0 spiro atoms. The minimum Gasteiger partial charge on any atom is -0.493 e. The fraction of sp³-hybridized carbons (Fsp3) is 0.259. The van der Waals surface area contributed by atoms with Crippen LogP contribution >= 0.6 is 11.6 Å². The Morgan fingerprint density at radius 3 is 2.47 bits per heavy atom. The fourth-order valence-corrected chi connectivity index (χ4v) is 4.60. The summed E-state index contributed by atoms with van der Waals surface area (Å²) in [4.78, 5) is 27.5. The molecule has 11 heteroatoms. The Morgan fingerprint density at radius 2 is 1.79 bits per heavy atom. The molecule has 2 amide bonds. The third-order valence-corrected chi connectivity index (χ3v) is 6.58. The number of benzene rings is 3. The number of halogens is 5. The quantitative estimate of drug-likeness (QED) is 0.388. The van der Waals surface area contributed by atoms with Crippen molar-refractivity contribution in [2.24, 2.45) is 0 Å². The molecule has 1 heterocycles. The summed E-state index contributed by atoms with van der Waals surface area (Å²) in [6.07, 6.45) is -5.12. The summed E-state index contributed by atoms with van der Waals surface area (Å²) >= 11 is 6.34. The van der Waals surface area contributed by atoms with E-state index in [4.69, 9.17) is 21.1 Å². The Bertz CT molecular complexity index is 1390. The van der Waals surface area contributed by atoms with Crippen LogP contribution in [0.4, 0.5) is 23.2 Å². The van der Waals surface area contributed by atoms with E-state index < -0.39 is 29.9 Å². The van der Waals surface area contributed by atoms with Gasteiger partial charge in [0.25, 0.3) is 5.91 Å². The van der Waals surface area contributed by atoms with Gasteiger partial charge in [0.1, 0.15) is 5.82 Å². The molecule has 0 saturated carbocycles. The lowest BCUT2D eigenvalue weighted by Crippen LogP contribution is -2.36. The van der Waals surface area contributed by atoms with E-state index in [1.54, 1.807) is 35.2 Å². The number of carbonyl (C=O) groups excluding carboxylic acids is 2. The summed E-state index contributed by atoms with van der Waals surface area (Å²) in [5.41, 5.74) is 0.334. The van der Waals surface area contributed by atoms with Crippen LogP contribution in [0.3, 0.4) is 0 Å². The van der Waals surface area contributed by atoms with E-state index in [-0.39, 0.29) is 23.0 Å². The second kappa shape index (κ2) is 10.9. The highest BCUT2D eigenvalue weighted by Crippen LogP contribution is 2.35. The fourth-order valence-electron chi connectivity index (χ4n) is 4.38. The summed E-state index contributed by atoms with van der Waals surface area (Å²) < 4.78 is 64.0. The minimum atomic E-state index is -4.88. The zero-order valence-electron chi connectivity index (χ0n) is 20.4. The van der Waals surface area contributed by atoms with Crippen LogP contribution in [0.5, 0.6) is 11.5 Å². The number of nitrogens with one attached hydrogen (secondary N) is 1. The predicted molar refractivity (Wildman–Crippen MR) is 133 cm³/mol. The summed E-state index contributed by atoms with van der Waals surface area (Å²) in [5, 5.41) is 2.85. The van der Waals surface area contributed by atoms with Crippen molar-refractivity contribution in [2.75, 3.05) is 26.1 Å². The number of ether oxygens (including phenoxy) is 2. The topological polar surface area (TPSA) is 67.9 Å². The number of carbonyl (C=O) groups is 2. The van der Waals surface area contributed by atoms with Crippen molar-refractivity contribution in [3.8, 4) is 11.5 Å². The smallest absolute Gasteiger partial charge is 0.419 e. The number of rotatable bonds is 6. The van der Waals surface area contributed by atoms with Gasteiger partial charge in [0.15, 0.2) is 11.5 Å². The van der Waals surface area contributed by atoms with Crippen LogP contribution in [0.1, 0.15) is 32.6 Å². The molecule has 1 N–H and O–H groups in total. The normalized spacial score (nSPS) is 13.1. The van der Waals surface area contributed by atoms with Crippen molar-refractivity contribution in [1.29, 1.82) is 0 Å². The van der Waals surface area contributed by atoms with Gasteiger partial charge in [-0.2, -0.15) is 13.2 Å². The molecule has 38 heavy (non-hydrogen) atoms. The summed E-state index contributed by atoms with van der Waals surface area (Å²) in [6, 6.07) is 11.0. The van der Waals surface area contributed by atoms with E-state index in [9.17, 15) is 27.2 Å². The molecule has 200 valence electrons. The minimum absolute atomic E-state index is 0.223. The molecule has 3 aromatic carbocycles. The van der Waals surface area contributed by atoms with Gasteiger partial charge in [0.2, 0.25) is 5.91 Å². The maximum absolute atomic E-state index is 14.4. The Kier molecular flexibility index (Phi) is 7.82. The van der Waals surface area contributed by atoms with Gasteiger partial charge < -0.3 is 19.7 Å². The molecular formula is C27H23ClF4N2O4. The van der Waals surface area contributed by atoms with Crippen molar-refractivity contribution in [1.82, 2.24) is 4.90 Å². The van der Waals surface area contributed by atoms with Gasteiger partial charge in [-0.25, -0.2) is 4.39 Å². The second-order valence-electron chi connectivity index (χ2n) is 8.61. The number of anilines is 1. The Morgan fingerprint density at radius 1 is 1.05 bits per heavy atom. The van der Waals surface area contributed by atoms with E-state index in [2.05, 4.69) is 5.32 Å². The third kappa shape index (κ3) is 5.55. The first-order chi connectivity index (χ1) is 18.0. The Balaban J connectivity index is 1.52. The lowest BCUT2D eigenvalue weighted by atomic mass is 9.96. The molecular weight excluding hydrogens is 528 g/mol. The monoisotopic (exact) mass is 550 g/mol. The van der Waals surface area contributed by atoms with Gasteiger partial charge in [-0.1, -0.05) is 29.8 Å². The average molecular weight is 551 g/mol. The molecule has 1 aliphatic rings. The molecule has 1 aliphatic heterocycles. The number of fused-ring (bicyclic) bond motifs is 1. The zero-order valence-corrected chi connectivity index (χ0v) is 21.2. The molecule has 0 unspecified atom stereocenters.